The number of thioether (sulfide) groups is 1. The first-order valence-corrected chi connectivity index (χ1v) is 16.8. The number of unbranched alkanes of at least 4 members (excludes halogenated alkanes) is 2. The molecule has 38 heavy (non-hydrogen) atoms. The topological polar surface area (TPSA) is 43.7 Å². The molecule has 2 fully saturated rings. The molecule has 6 heteroatoms. The van der Waals surface area contributed by atoms with Crippen molar-refractivity contribution in [2.75, 3.05) is 25.9 Å². The summed E-state index contributed by atoms with van der Waals surface area (Å²) < 4.78 is 15.9. The summed E-state index contributed by atoms with van der Waals surface area (Å²) in [7, 11) is 2.24. The number of aromatic hydroxyl groups is 1. The van der Waals surface area contributed by atoms with Gasteiger partial charge in [0, 0.05) is 16.5 Å². The Balaban J connectivity index is 1.11. The molecule has 0 spiro atoms. The molecule has 1 aromatic carbocycles. The zero-order valence-electron chi connectivity index (χ0n) is 23.2. The lowest BCUT2D eigenvalue weighted by Gasteiger charge is -2.54. The Hall–Kier alpha value is -1.08. The van der Waals surface area contributed by atoms with E-state index in [0.717, 1.165) is 55.7 Å². The van der Waals surface area contributed by atoms with Gasteiger partial charge in [-0.15, -0.1) is 11.3 Å². The van der Waals surface area contributed by atoms with E-state index in [-0.39, 0.29) is 17.4 Å². The second kappa shape index (κ2) is 12.6. The summed E-state index contributed by atoms with van der Waals surface area (Å²) in [6.07, 6.45) is 7.89. The third kappa shape index (κ3) is 6.14. The molecule has 7 atom stereocenters. The highest BCUT2D eigenvalue weighted by Crippen LogP contribution is 2.63. The van der Waals surface area contributed by atoms with Crippen molar-refractivity contribution in [3.8, 4) is 5.75 Å². The third-order valence-corrected chi connectivity index (χ3v) is 12.2. The summed E-state index contributed by atoms with van der Waals surface area (Å²) in [4.78, 5) is 3.94. The van der Waals surface area contributed by atoms with Gasteiger partial charge >= 0.3 is 0 Å². The quantitative estimate of drug-likeness (QED) is 0.262. The molecule has 1 heterocycles. The fourth-order valence-electron chi connectivity index (χ4n) is 8.11. The number of thiophene rings is 1. The van der Waals surface area contributed by atoms with Crippen LogP contribution in [0.1, 0.15) is 80.2 Å². The number of phenols is 1. The monoisotopic (exact) mass is 559 g/mol. The van der Waals surface area contributed by atoms with Crippen LogP contribution in [-0.2, 0) is 12.2 Å². The summed E-state index contributed by atoms with van der Waals surface area (Å²) in [5.74, 6) is 3.68. The van der Waals surface area contributed by atoms with E-state index in [1.165, 1.54) is 36.3 Å². The largest absolute Gasteiger partial charge is 0.508 e. The minimum Gasteiger partial charge on any atom is -0.508 e. The molecule has 5 rings (SSSR count). The minimum atomic E-state index is -0.919. The van der Waals surface area contributed by atoms with Crippen molar-refractivity contribution in [3.63, 3.8) is 0 Å². The predicted octanol–water partition coefficient (Wildman–Crippen LogP) is 7.66. The molecule has 0 amide bonds. The number of benzene rings is 1. The van der Waals surface area contributed by atoms with Crippen molar-refractivity contribution in [2.45, 2.75) is 88.7 Å². The lowest BCUT2D eigenvalue weighted by atomic mass is 9.51. The lowest BCUT2D eigenvalue weighted by molar-refractivity contribution is -0.0722. The average Bonchev–Trinajstić information content (AvgIpc) is 3.51. The highest BCUT2D eigenvalue weighted by Gasteiger charge is 2.59. The van der Waals surface area contributed by atoms with Crippen molar-refractivity contribution in [1.82, 2.24) is 4.90 Å². The minimum absolute atomic E-state index is 0.0865. The first-order valence-electron chi connectivity index (χ1n) is 14.8. The van der Waals surface area contributed by atoms with E-state index in [2.05, 4.69) is 36.4 Å². The number of halogens is 1. The lowest BCUT2D eigenvalue weighted by Crippen LogP contribution is -2.51. The van der Waals surface area contributed by atoms with E-state index in [1.807, 2.05) is 35.2 Å². The molecule has 2 aromatic rings. The number of alkyl halides is 1. The van der Waals surface area contributed by atoms with Gasteiger partial charge in [-0.1, -0.05) is 31.9 Å². The Labute approximate surface area is 237 Å². The smallest absolute Gasteiger partial charge is 0.115 e. The van der Waals surface area contributed by atoms with Crippen LogP contribution >= 0.6 is 23.1 Å². The van der Waals surface area contributed by atoms with Crippen LogP contribution < -0.4 is 0 Å². The van der Waals surface area contributed by atoms with Gasteiger partial charge in [0.05, 0.1) is 6.10 Å². The number of rotatable bonds is 12. The van der Waals surface area contributed by atoms with Crippen LogP contribution in [0, 0.1) is 23.2 Å². The van der Waals surface area contributed by atoms with Crippen LogP contribution in [0.15, 0.2) is 35.7 Å². The Morgan fingerprint density at radius 3 is 2.79 bits per heavy atom. The summed E-state index contributed by atoms with van der Waals surface area (Å²) in [5.41, 5.74) is 1.98. The van der Waals surface area contributed by atoms with Crippen molar-refractivity contribution >= 4 is 23.1 Å². The number of aliphatic hydroxyl groups excluding tert-OH is 1. The second-order valence-corrected chi connectivity index (χ2v) is 14.7. The summed E-state index contributed by atoms with van der Waals surface area (Å²) in [6, 6.07) is 9.96. The van der Waals surface area contributed by atoms with E-state index >= 15 is 4.39 Å². The van der Waals surface area contributed by atoms with E-state index in [4.69, 9.17) is 0 Å². The van der Waals surface area contributed by atoms with Crippen molar-refractivity contribution in [2.24, 2.45) is 23.2 Å². The molecule has 210 valence electrons. The Morgan fingerprint density at radius 1 is 1.13 bits per heavy atom. The van der Waals surface area contributed by atoms with Gasteiger partial charge in [-0.3, -0.25) is 0 Å². The van der Waals surface area contributed by atoms with Gasteiger partial charge in [-0.05, 0) is 129 Å². The first-order chi connectivity index (χ1) is 18.4. The zero-order chi connectivity index (χ0) is 26.7. The van der Waals surface area contributed by atoms with Crippen LogP contribution in [0.2, 0.25) is 0 Å². The van der Waals surface area contributed by atoms with Gasteiger partial charge in [0.15, 0.2) is 0 Å². The SMILES string of the molecule is CN(CCCCC[C@@H]1Cc2cc(O)ccc2[C@@H]2[C@@H]1[C@@H]1CC[C@H](O)[C@@]1(C)C[C@@H]2F)CCCSCc1cccs1. The first kappa shape index (κ1) is 28.4. The van der Waals surface area contributed by atoms with E-state index in [1.54, 1.807) is 6.07 Å². The fraction of sp³-hybridized carbons (Fsp3) is 0.688. The molecule has 1 aromatic heterocycles. The van der Waals surface area contributed by atoms with E-state index < -0.39 is 6.17 Å². The van der Waals surface area contributed by atoms with Crippen LogP contribution in [-0.4, -0.2) is 53.3 Å². The molecular formula is C32H46FNO2S2. The summed E-state index contributed by atoms with van der Waals surface area (Å²) in [5, 5.41) is 23.2. The Kier molecular flexibility index (Phi) is 9.45. The van der Waals surface area contributed by atoms with Gasteiger partial charge in [0.2, 0.25) is 0 Å². The molecule has 3 aliphatic carbocycles. The highest BCUT2D eigenvalue weighted by atomic mass is 32.2. The fourth-order valence-corrected chi connectivity index (χ4v) is 9.90. The Morgan fingerprint density at radius 2 is 1.97 bits per heavy atom. The van der Waals surface area contributed by atoms with Crippen LogP contribution in [0.3, 0.4) is 0 Å². The van der Waals surface area contributed by atoms with Gasteiger partial charge in [-0.25, -0.2) is 4.39 Å². The number of fused-ring (bicyclic) bond motifs is 5. The third-order valence-electron chi connectivity index (χ3n) is 10.0. The van der Waals surface area contributed by atoms with Gasteiger partial charge in [0.25, 0.3) is 0 Å². The number of hydrogen-bond donors (Lipinski definition) is 2. The zero-order valence-corrected chi connectivity index (χ0v) is 24.8. The number of hydrogen-bond acceptors (Lipinski definition) is 5. The number of nitrogens with zero attached hydrogens (tertiary/aromatic N) is 1. The van der Waals surface area contributed by atoms with Crippen molar-refractivity contribution in [1.29, 1.82) is 0 Å². The Bertz CT molecular complexity index is 1030. The van der Waals surface area contributed by atoms with Gasteiger partial charge in [0.1, 0.15) is 11.9 Å². The maximum atomic E-state index is 15.9. The van der Waals surface area contributed by atoms with E-state index in [9.17, 15) is 10.2 Å². The molecular weight excluding hydrogens is 513 g/mol. The molecule has 2 N–H and O–H groups in total. The number of aliphatic hydroxyl groups is 1. The molecule has 3 nitrogen and oxygen atoms in total. The number of phenolic OH excluding ortho intramolecular Hbond substituents is 1. The van der Waals surface area contributed by atoms with Crippen molar-refractivity contribution in [3.05, 3.63) is 51.7 Å². The average molecular weight is 560 g/mol. The second-order valence-electron chi connectivity index (χ2n) is 12.5. The standard InChI is InChI=1S/C32H46FNO2S2/c1-32-20-28(33)31-26-11-10-24(35)19-23(26)18-22(30(31)27(32)12-13-29(32)36)8-4-3-5-14-34(2)15-7-16-37-21-25-9-6-17-38-25/h6,9-11,17,19,22,27-31,35-36H,3-5,7-8,12-16,18,20-21H2,1-2H3/t22-,27+,28+,29+,30+,31+,32+/m1/s1. The molecule has 3 aliphatic rings. The highest BCUT2D eigenvalue weighted by molar-refractivity contribution is 7.98. The molecule has 0 saturated heterocycles. The van der Waals surface area contributed by atoms with Gasteiger partial charge < -0.3 is 15.1 Å². The van der Waals surface area contributed by atoms with Crippen LogP contribution in [0.4, 0.5) is 4.39 Å². The molecule has 0 unspecified atom stereocenters. The maximum Gasteiger partial charge on any atom is 0.115 e. The molecule has 0 bridgehead atoms. The van der Waals surface area contributed by atoms with E-state index in [0.29, 0.717) is 29.9 Å². The molecule has 2 saturated carbocycles. The van der Waals surface area contributed by atoms with Crippen molar-refractivity contribution < 1.29 is 14.6 Å². The molecule has 0 radical (unpaired) electrons. The normalized spacial score (nSPS) is 32.2. The van der Waals surface area contributed by atoms with Crippen LogP contribution in [0.25, 0.3) is 0 Å². The summed E-state index contributed by atoms with van der Waals surface area (Å²) in [6.45, 7) is 4.45. The predicted molar refractivity (Wildman–Crippen MR) is 159 cm³/mol. The van der Waals surface area contributed by atoms with Crippen LogP contribution in [0.5, 0.6) is 5.75 Å². The maximum absolute atomic E-state index is 15.9. The molecule has 0 aliphatic heterocycles. The van der Waals surface area contributed by atoms with Gasteiger partial charge in [-0.2, -0.15) is 11.8 Å². The summed E-state index contributed by atoms with van der Waals surface area (Å²) >= 11 is 3.89.